The van der Waals surface area contributed by atoms with Crippen LogP contribution in [0.25, 0.3) is 0 Å². The number of amides is 1. The third-order valence-corrected chi connectivity index (χ3v) is 3.24. The highest BCUT2D eigenvalue weighted by Gasteiger charge is 2.25. The van der Waals surface area contributed by atoms with E-state index in [0.29, 0.717) is 16.5 Å². The monoisotopic (exact) mass is 285 g/mol. The maximum Gasteiger partial charge on any atom is 0.255 e. The number of methoxy groups -OCH3 is 1. The van der Waals surface area contributed by atoms with Gasteiger partial charge in [-0.1, -0.05) is 11.6 Å². The maximum absolute atomic E-state index is 10.7. The molecular weight excluding hydrogens is 268 g/mol. The van der Waals surface area contributed by atoms with Crippen LogP contribution in [0.5, 0.6) is 11.5 Å². The van der Waals surface area contributed by atoms with Gasteiger partial charge in [0.2, 0.25) is 0 Å². The fourth-order valence-corrected chi connectivity index (χ4v) is 2.10. The fraction of sp³-hybridized carbons (Fsp3) is 0.462. The van der Waals surface area contributed by atoms with Gasteiger partial charge in [0.25, 0.3) is 5.91 Å². The Morgan fingerprint density at radius 2 is 2.26 bits per heavy atom. The van der Waals surface area contributed by atoms with Gasteiger partial charge < -0.3 is 20.5 Å². The highest BCUT2D eigenvalue weighted by Crippen LogP contribution is 2.36. The summed E-state index contributed by atoms with van der Waals surface area (Å²) in [6.07, 6.45) is 2.56. The minimum absolute atomic E-state index is 0.219. The molecule has 4 N–H and O–H groups in total. The van der Waals surface area contributed by atoms with Gasteiger partial charge >= 0.3 is 0 Å². The first kappa shape index (κ1) is 14.0. The van der Waals surface area contributed by atoms with Crippen molar-refractivity contribution in [2.24, 2.45) is 5.73 Å². The standard InChI is InChI=1S/C13H17ClN2O3/c1-18-11-5-8(6-16-9-2-3-9)4-10(14)13(11)19-7-12(15)17/h4-5,9,16H,2-3,6-7H2,1H3,(H2,15,17)/p+1. The van der Waals surface area contributed by atoms with E-state index in [1.54, 1.807) is 0 Å². The molecule has 0 aliphatic heterocycles. The van der Waals surface area contributed by atoms with Gasteiger partial charge in [0.1, 0.15) is 6.54 Å². The molecule has 1 aliphatic carbocycles. The maximum atomic E-state index is 10.7. The Kier molecular flexibility index (Phi) is 4.50. The van der Waals surface area contributed by atoms with E-state index in [1.807, 2.05) is 12.1 Å². The lowest BCUT2D eigenvalue weighted by Crippen LogP contribution is -2.84. The Balaban J connectivity index is 2.10. The Hall–Kier alpha value is -1.46. The van der Waals surface area contributed by atoms with Gasteiger partial charge in [-0.25, -0.2) is 0 Å². The Morgan fingerprint density at radius 3 is 2.84 bits per heavy atom. The minimum atomic E-state index is -0.552. The van der Waals surface area contributed by atoms with E-state index in [4.69, 9.17) is 26.8 Å². The number of carbonyl (C=O) groups excluding carboxylic acids is 1. The molecule has 1 amide bonds. The molecule has 2 rings (SSSR count). The molecule has 1 aromatic carbocycles. The smallest absolute Gasteiger partial charge is 0.255 e. The summed E-state index contributed by atoms with van der Waals surface area (Å²) in [7, 11) is 1.54. The second-order valence-electron chi connectivity index (χ2n) is 4.64. The van der Waals surface area contributed by atoms with E-state index in [1.165, 1.54) is 20.0 Å². The van der Waals surface area contributed by atoms with Crippen LogP contribution in [0, 0.1) is 0 Å². The number of benzene rings is 1. The van der Waals surface area contributed by atoms with E-state index < -0.39 is 5.91 Å². The molecule has 0 unspecified atom stereocenters. The van der Waals surface area contributed by atoms with Gasteiger partial charge in [-0.3, -0.25) is 4.79 Å². The molecule has 0 spiro atoms. The second-order valence-corrected chi connectivity index (χ2v) is 5.05. The first-order valence-electron chi connectivity index (χ1n) is 6.21. The van der Waals surface area contributed by atoms with Crippen LogP contribution in [0.1, 0.15) is 18.4 Å². The normalized spacial score (nSPS) is 14.2. The molecule has 0 saturated heterocycles. The predicted molar refractivity (Wildman–Crippen MR) is 71.3 cm³/mol. The first-order valence-corrected chi connectivity index (χ1v) is 6.58. The number of hydrogen-bond acceptors (Lipinski definition) is 3. The summed E-state index contributed by atoms with van der Waals surface area (Å²) in [5.74, 6) is 0.329. The quantitative estimate of drug-likeness (QED) is 0.763. The summed E-state index contributed by atoms with van der Waals surface area (Å²) in [6.45, 7) is 0.639. The van der Waals surface area contributed by atoms with Crippen molar-refractivity contribution >= 4 is 17.5 Å². The van der Waals surface area contributed by atoms with Crippen LogP contribution in [0.4, 0.5) is 0 Å². The lowest BCUT2D eigenvalue weighted by atomic mass is 10.2. The van der Waals surface area contributed by atoms with Crippen molar-refractivity contribution in [3.63, 3.8) is 0 Å². The third kappa shape index (κ3) is 4.01. The summed E-state index contributed by atoms with van der Waals surface area (Å²) in [5.41, 5.74) is 6.12. The zero-order valence-corrected chi connectivity index (χ0v) is 11.6. The number of halogens is 1. The third-order valence-electron chi connectivity index (χ3n) is 2.96. The van der Waals surface area contributed by atoms with Crippen LogP contribution in [-0.4, -0.2) is 25.7 Å². The van der Waals surface area contributed by atoms with Gasteiger partial charge in [-0.15, -0.1) is 0 Å². The first-order chi connectivity index (χ1) is 9.10. The van der Waals surface area contributed by atoms with Gasteiger partial charge in [0.15, 0.2) is 18.1 Å². The van der Waals surface area contributed by atoms with Gasteiger partial charge in [0.05, 0.1) is 18.2 Å². The number of primary amides is 1. The molecule has 6 heteroatoms. The molecule has 0 heterocycles. The molecule has 1 fully saturated rings. The van der Waals surface area contributed by atoms with Crippen LogP contribution in [0.15, 0.2) is 12.1 Å². The fourth-order valence-electron chi connectivity index (χ4n) is 1.81. The largest absolute Gasteiger partial charge is 0.493 e. The minimum Gasteiger partial charge on any atom is -0.493 e. The molecule has 1 saturated carbocycles. The molecule has 5 nitrogen and oxygen atoms in total. The van der Waals surface area contributed by atoms with Gasteiger partial charge in [0, 0.05) is 18.4 Å². The molecule has 1 aliphatic rings. The SMILES string of the molecule is COc1cc(C[NH2+]C2CC2)cc(Cl)c1OCC(N)=O. The van der Waals surface area contributed by atoms with Crippen molar-refractivity contribution in [1.29, 1.82) is 0 Å². The van der Waals surface area contributed by atoms with Crippen molar-refractivity contribution in [3.8, 4) is 11.5 Å². The lowest BCUT2D eigenvalue weighted by molar-refractivity contribution is -0.683. The van der Waals surface area contributed by atoms with Crippen LogP contribution < -0.4 is 20.5 Å². The van der Waals surface area contributed by atoms with Crippen molar-refractivity contribution in [1.82, 2.24) is 0 Å². The molecule has 0 radical (unpaired) electrons. The van der Waals surface area contributed by atoms with E-state index in [9.17, 15) is 4.79 Å². The van der Waals surface area contributed by atoms with Crippen molar-refractivity contribution in [2.75, 3.05) is 13.7 Å². The second kappa shape index (κ2) is 6.12. The number of carbonyl (C=O) groups is 1. The van der Waals surface area contributed by atoms with Crippen LogP contribution >= 0.6 is 11.6 Å². The molecule has 0 atom stereocenters. The number of hydrogen-bond donors (Lipinski definition) is 2. The van der Waals surface area contributed by atoms with Crippen molar-refractivity contribution in [2.45, 2.75) is 25.4 Å². The molecule has 1 aromatic rings. The molecular formula is C13H18ClN2O3+. The number of ether oxygens (including phenoxy) is 2. The van der Waals surface area contributed by atoms with E-state index in [0.717, 1.165) is 18.2 Å². The summed E-state index contributed by atoms with van der Waals surface area (Å²) < 4.78 is 10.5. The summed E-state index contributed by atoms with van der Waals surface area (Å²) >= 11 is 6.16. The Morgan fingerprint density at radius 1 is 1.53 bits per heavy atom. The highest BCUT2D eigenvalue weighted by molar-refractivity contribution is 6.32. The zero-order valence-electron chi connectivity index (χ0n) is 10.8. The van der Waals surface area contributed by atoms with Crippen LogP contribution in [-0.2, 0) is 11.3 Å². The summed E-state index contributed by atoms with van der Waals surface area (Å²) in [6, 6.07) is 4.45. The molecule has 0 bridgehead atoms. The van der Waals surface area contributed by atoms with E-state index in [-0.39, 0.29) is 6.61 Å². The van der Waals surface area contributed by atoms with Gasteiger partial charge in [-0.2, -0.15) is 0 Å². The number of quaternary nitrogens is 1. The summed E-state index contributed by atoms with van der Waals surface area (Å²) in [4.78, 5) is 10.7. The summed E-state index contributed by atoms with van der Waals surface area (Å²) in [5, 5.41) is 2.72. The van der Waals surface area contributed by atoms with Crippen molar-refractivity contribution < 1.29 is 19.6 Å². The van der Waals surface area contributed by atoms with E-state index in [2.05, 4.69) is 5.32 Å². The Labute approximate surface area is 117 Å². The highest BCUT2D eigenvalue weighted by atomic mass is 35.5. The number of nitrogens with two attached hydrogens (primary N) is 2. The van der Waals surface area contributed by atoms with Crippen molar-refractivity contribution in [3.05, 3.63) is 22.7 Å². The average molecular weight is 286 g/mol. The van der Waals surface area contributed by atoms with Gasteiger partial charge in [-0.05, 0) is 12.1 Å². The Bertz CT molecular complexity index is 475. The zero-order chi connectivity index (χ0) is 13.8. The molecule has 0 aromatic heterocycles. The van der Waals surface area contributed by atoms with E-state index >= 15 is 0 Å². The van der Waals surface area contributed by atoms with Crippen LogP contribution in [0.2, 0.25) is 5.02 Å². The lowest BCUT2D eigenvalue weighted by Gasteiger charge is -2.13. The topological polar surface area (TPSA) is 78.2 Å². The number of rotatable bonds is 7. The average Bonchev–Trinajstić information content (AvgIpc) is 3.18. The van der Waals surface area contributed by atoms with Crippen LogP contribution in [0.3, 0.4) is 0 Å². The predicted octanol–water partition coefficient (Wildman–Crippen LogP) is 0.438. The molecule has 19 heavy (non-hydrogen) atoms. The molecule has 104 valence electrons.